The summed E-state index contributed by atoms with van der Waals surface area (Å²) in [5.74, 6) is -0.0750. The molecule has 0 atom stereocenters. The van der Waals surface area contributed by atoms with E-state index in [1.165, 1.54) is 0 Å². The van der Waals surface area contributed by atoms with E-state index in [9.17, 15) is 4.79 Å². The molecular weight excluding hydrogens is 286 g/mol. The number of amides is 1. The molecule has 0 saturated carbocycles. The number of fused-ring (bicyclic) bond motifs is 2. The van der Waals surface area contributed by atoms with Crippen LogP contribution in [0.5, 0.6) is 0 Å². The Balaban J connectivity index is 1.55. The highest BCUT2D eigenvalue weighted by atomic mass is 16.1. The first-order valence-corrected chi connectivity index (χ1v) is 7.48. The van der Waals surface area contributed by atoms with Gasteiger partial charge in [-0.3, -0.25) is 9.78 Å². The van der Waals surface area contributed by atoms with Crippen molar-refractivity contribution in [1.82, 2.24) is 15.3 Å². The van der Waals surface area contributed by atoms with E-state index in [2.05, 4.69) is 21.4 Å². The van der Waals surface area contributed by atoms with E-state index in [0.29, 0.717) is 12.1 Å². The second-order valence-corrected chi connectivity index (χ2v) is 5.48. The quantitative estimate of drug-likeness (QED) is 0.607. The van der Waals surface area contributed by atoms with Crippen molar-refractivity contribution in [2.24, 2.45) is 0 Å². The molecule has 0 fully saturated rings. The Kier molecular flexibility index (Phi) is 3.27. The van der Waals surface area contributed by atoms with Crippen molar-refractivity contribution in [1.29, 1.82) is 0 Å². The van der Waals surface area contributed by atoms with Crippen molar-refractivity contribution in [2.45, 2.75) is 6.54 Å². The van der Waals surface area contributed by atoms with Crippen molar-refractivity contribution in [3.8, 4) is 0 Å². The maximum Gasteiger partial charge on any atom is 0.251 e. The Morgan fingerprint density at radius 3 is 2.96 bits per heavy atom. The molecule has 0 spiro atoms. The lowest BCUT2D eigenvalue weighted by atomic mass is 10.1. The molecule has 0 bridgehead atoms. The number of hydrogen-bond acceptors (Lipinski definition) is 2. The Morgan fingerprint density at radius 1 is 1.09 bits per heavy atom. The lowest BCUT2D eigenvalue weighted by Crippen LogP contribution is -2.22. The summed E-state index contributed by atoms with van der Waals surface area (Å²) in [6, 6.07) is 15.6. The molecule has 2 heterocycles. The van der Waals surface area contributed by atoms with E-state index in [1.807, 2.05) is 48.7 Å². The summed E-state index contributed by atoms with van der Waals surface area (Å²) >= 11 is 0. The van der Waals surface area contributed by atoms with Crippen molar-refractivity contribution in [3.05, 3.63) is 78.2 Å². The van der Waals surface area contributed by atoms with Gasteiger partial charge in [-0.2, -0.15) is 0 Å². The first kappa shape index (κ1) is 13.5. The summed E-state index contributed by atoms with van der Waals surface area (Å²) in [7, 11) is 0. The van der Waals surface area contributed by atoms with Crippen LogP contribution in [-0.4, -0.2) is 15.9 Å². The predicted octanol–water partition coefficient (Wildman–Crippen LogP) is 3.65. The molecule has 4 heteroatoms. The Labute approximate surface area is 133 Å². The van der Waals surface area contributed by atoms with Gasteiger partial charge in [0.05, 0.1) is 0 Å². The molecule has 0 aliphatic heterocycles. The van der Waals surface area contributed by atoms with E-state index in [4.69, 9.17) is 0 Å². The Hall–Kier alpha value is -3.14. The van der Waals surface area contributed by atoms with Crippen LogP contribution in [0, 0.1) is 0 Å². The number of para-hydroxylation sites is 1. The number of pyridine rings is 1. The first-order valence-electron chi connectivity index (χ1n) is 7.48. The molecular formula is C19H15N3O. The molecule has 1 amide bonds. The molecule has 4 rings (SSSR count). The second-order valence-electron chi connectivity index (χ2n) is 5.48. The van der Waals surface area contributed by atoms with Gasteiger partial charge in [0.2, 0.25) is 0 Å². The summed E-state index contributed by atoms with van der Waals surface area (Å²) in [4.78, 5) is 19.7. The molecule has 0 radical (unpaired) electrons. The Bertz CT molecular complexity index is 1000. The zero-order valence-corrected chi connectivity index (χ0v) is 12.4. The molecule has 2 N–H and O–H groups in total. The van der Waals surface area contributed by atoms with Crippen molar-refractivity contribution in [2.75, 3.05) is 0 Å². The van der Waals surface area contributed by atoms with Crippen molar-refractivity contribution < 1.29 is 4.79 Å². The van der Waals surface area contributed by atoms with Gasteiger partial charge in [-0.15, -0.1) is 0 Å². The largest absolute Gasteiger partial charge is 0.361 e. The number of carbonyl (C=O) groups excluding carboxylic acids is 1. The lowest BCUT2D eigenvalue weighted by Gasteiger charge is -2.06. The summed E-state index contributed by atoms with van der Waals surface area (Å²) in [6.07, 6.45) is 5.47. The molecule has 0 aliphatic carbocycles. The standard InChI is InChI=1S/C19H15N3O/c23-19(14-5-6-15-10-20-8-7-13(15)9-14)22-12-16-11-21-18-4-2-1-3-17(16)18/h1-11,21H,12H2,(H,22,23). The smallest absolute Gasteiger partial charge is 0.251 e. The topological polar surface area (TPSA) is 57.8 Å². The summed E-state index contributed by atoms with van der Waals surface area (Å²) in [5.41, 5.74) is 2.82. The molecule has 112 valence electrons. The Morgan fingerprint density at radius 2 is 2.00 bits per heavy atom. The fraction of sp³-hybridized carbons (Fsp3) is 0.0526. The third kappa shape index (κ3) is 2.55. The molecule has 23 heavy (non-hydrogen) atoms. The number of nitrogens with one attached hydrogen (secondary N) is 2. The van der Waals surface area contributed by atoms with Gasteiger partial charge in [0.25, 0.3) is 5.91 Å². The van der Waals surface area contributed by atoms with Crippen LogP contribution in [0.2, 0.25) is 0 Å². The normalized spacial score (nSPS) is 11.0. The molecule has 4 aromatic rings. The third-order valence-electron chi connectivity index (χ3n) is 4.02. The minimum Gasteiger partial charge on any atom is -0.361 e. The van der Waals surface area contributed by atoms with Gasteiger partial charge in [0.1, 0.15) is 0 Å². The highest BCUT2D eigenvalue weighted by molar-refractivity contribution is 5.98. The first-order chi connectivity index (χ1) is 11.3. The van der Waals surface area contributed by atoms with Crippen LogP contribution in [0.15, 0.2) is 67.1 Å². The molecule has 0 unspecified atom stereocenters. The van der Waals surface area contributed by atoms with Crippen LogP contribution in [0.4, 0.5) is 0 Å². The fourth-order valence-corrected chi connectivity index (χ4v) is 2.78. The van der Waals surface area contributed by atoms with Crippen LogP contribution >= 0.6 is 0 Å². The average molecular weight is 301 g/mol. The number of nitrogens with zero attached hydrogens (tertiary/aromatic N) is 1. The third-order valence-corrected chi connectivity index (χ3v) is 4.02. The van der Waals surface area contributed by atoms with E-state index in [0.717, 1.165) is 27.2 Å². The molecule has 2 aromatic carbocycles. The molecule has 0 aliphatic rings. The average Bonchev–Trinajstić information content (AvgIpc) is 3.02. The number of H-pyrrole nitrogens is 1. The van der Waals surface area contributed by atoms with Gasteiger partial charge >= 0.3 is 0 Å². The van der Waals surface area contributed by atoms with Gasteiger partial charge < -0.3 is 10.3 Å². The number of aromatic nitrogens is 2. The molecule has 4 nitrogen and oxygen atoms in total. The van der Waals surface area contributed by atoms with E-state index in [-0.39, 0.29) is 5.91 Å². The maximum absolute atomic E-state index is 12.4. The molecule has 0 saturated heterocycles. The number of benzene rings is 2. The van der Waals surface area contributed by atoms with E-state index >= 15 is 0 Å². The van der Waals surface area contributed by atoms with Crippen LogP contribution in [0.1, 0.15) is 15.9 Å². The van der Waals surface area contributed by atoms with Gasteiger partial charge in [-0.05, 0) is 35.2 Å². The monoisotopic (exact) mass is 301 g/mol. The molecule has 2 aromatic heterocycles. The number of rotatable bonds is 3. The van der Waals surface area contributed by atoms with E-state index in [1.54, 1.807) is 12.4 Å². The van der Waals surface area contributed by atoms with Gasteiger partial charge in [-0.1, -0.05) is 24.3 Å². The number of carbonyl (C=O) groups is 1. The highest BCUT2D eigenvalue weighted by Gasteiger charge is 2.08. The van der Waals surface area contributed by atoms with E-state index < -0.39 is 0 Å². The minimum absolute atomic E-state index is 0.0750. The summed E-state index contributed by atoms with van der Waals surface area (Å²) in [6.45, 7) is 0.497. The van der Waals surface area contributed by atoms with Gasteiger partial charge in [-0.25, -0.2) is 0 Å². The highest BCUT2D eigenvalue weighted by Crippen LogP contribution is 2.18. The maximum atomic E-state index is 12.4. The fourth-order valence-electron chi connectivity index (χ4n) is 2.78. The number of hydrogen-bond donors (Lipinski definition) is 2. The summed E-state index contributed by atoms with van der Waals surface area (Å²) in [5, 5.41) is 6.16. The zero-order chi connectivity index (χ0) is 15.6. The van der Waals surface area contributed by atoms with Crippen molar-refractivity contribution >= 4 is 27.6 Å². The van der Waals surface area contributed by atoms with Gasteiger partial charge in [0, 0.05) is 47.0 Å². The number of aromatic amines is 1. The lowest BCUT2D eigenvalue weighted by molar-refractivity contribution is 0.0951. The van der Waals surface area contributed by atoms with Crippen LogP contribution in [0.3, 0.4) is 0 Å². The van der Waals surface area contributed by atoms with Gasteiger partial charge in [0.15, 0.2) is 0 Å². The van der Waals surface area contributed by atoms with Crippen LogP contribution in [-0.2, 0) is 6.54 Å². The zero-order valence-electron chi connectivity index (χ0n) is 12.4. The summed E-state index contributed by atoms with van der Waals surface area (Å²) < 4.78 is 0. The minimum atomic E-state index is -0.0750. The van der Waals surface area contributed by atoms with Crippen LogP contribution < -0.4 is 5.32 Å². The SMILES string of the molecule is O=C(NCc1c[nH]c2ccccc12)c1ccc2cnccc2c1. The predicted molar refractivity (Wildman–Crippen MR) is 91.2 cm³/mol. The second kappa shape index (κ2) is 5.57. The van der Waals surface area contributed by atoms with Crippen LogP contribution in [0.25, 0.3) is 21.7 Å². The van der Waals surface area contributed by atoms with Crippen molar-refractivity contribution in [3.63, 3.8) is 0 Å².